The van der Waals surface area contributed by atoms with Gasteiger partial charge < -0.3 is 9.84 Å². The highest BCUT2D eigenvalue weighted by Gasteiger charge is 2.28. The van der Waals surface area contributed by atoms with Crippen LogP contribution in [0, 0.1) is 29.1 Å². The molecule has 20 heavy (non-hydrogen) atoms. The van der Waals surface area contributed by atoms with Crippen LogP contribution in [0.5, 0.6) is 0 Å². The molecule has 0 aromatic heterocycles. The number of carbonyl (C=O) groups is 2. The topological polar surface area (TPSA) is 63.6 Å². The fourth-order valence-electron chi connectivity index (χ4n) is 1.19. The summed E-state index contributed by atoms with van der Waals surface area (Å²) < 4.78 is 68.8. The molecule has 108 valence electrons. The molecule has 1 aromatic rings. The zero-order valence-corrected chi connectivity index (χ0v) is 9.64. The monoisotopic (exact) mass is 296 g/mol. The summed E-state index contributed by atoms with van der Waals surface area (Å²) in [5.41, 5.74) is -1.72. The van der Waals surface area contributed by atoms with Gasteiger partial charge in [0.05, 0.1) is 12.7 Å². The maximum atomic E-state index is 13.2. The van der Waals surface area contributed by atoms with Crippen LogP contribution in [0.4, 0.5) is 22.0 Å². The predicted octanol–water partition coefficient (Wildman–Crippen LogP) is 2.02. The fourth-order valence-corrected chi connectivity index (χ4v) is 1.19. The number of benzene rings is 1. The molecule has 0 amide bonds. The van der Waals surface area contributed by atoms with Crippen LogP contribution in [0.1, 0.15) is 5.56 Å². The van der Waals surface area contributed by atoms with Gasteiger partial charge in [-0.2, -0.15) is 0 Å². The van der Waals surface area contributed by atoms with E-state index in [4.69, 9.17) is 0 Å². The maximum Gasteiger partial charge on any atom is 0.378 e. The summed E-state index contributed by atoms with van der Waals surface area (Å²) in [5.74, 6) is -16.4. The highest BCUT2D eigenvalue weighted by atomic mass is 19.2. The molecular formula is C11H5F5O4. The Balaban J connectivity index is 3.45. The molecule has 0 fully saturated rings. The largest absolute Gasteiger partial charge is 0.507 e. The minimum atomic E-state index is -2.42. The molecule has 0 atom stereocenters. The molecule has 4 nitrogen and oxygen atoms in total. The highest BCUT2D eigenvalue weighted by molar-refractivity contribution is 6.39. The van der Waals surface area contributed by atoms with Crippen LogP contribution >= 0.6 is 0 Å². The third kappa shape index (κ3) is 2.60. The number of esters is 1. The molecule has 0 aliphatic carbocycles. The van der Waals surface area contributed by atoms with Crippen LogP contribution in [-0.2, 0) is 14.3 Å². The van der Waals surface area contributed by atoms with Gasteiger partial charge in [-0.25, -0.2) is 26.7 Å². The van der Waals surface area contributed by atoms with E-state index in [1.807, 2.05) is 0 Å². The Hall–Kier alpha value is -2.45. The lowest BCUT2D eigenvalue weighted by atomic mass is 10.1. The first kappa shape index (κ1) is 15.6. The van der Waals surface area contributed by atoms with E-state index in [0.29, 0.717) is 0 Å². The van der Waals surface area contributed by atoms with Crippen molar-refractivity contribution in [3.63, 3.8) is 0 Å². The van der Waals surface area contributed by atoms with Crippen molar-refractivity contribution in [3.8, 4) is 0 Å². The molecule has 0 spiro atoms. The lowest BCUT2D eigenvalue weighted by Gasteiger charge is -2.07. The second kappa shape index (κ2) is 5.68. The Morgan fingerprint density at radius 2 is 1.35 bits per heavy atom. The van der Waals surface area contributed by atoms with Gasteiger partial charge in [-0.3, -0.25) is 4.79 Å². The zero-order chi connectivity index (χ0) is 15.6. The number of halogens is 5. The molecule has 0 radical (unpaired) electrons. The summed E-state index contributed by atoms with van der Waals surface area (Å²) >= 11 is 0. The van der Waals surface area contributed by atoms with Gasteiger partial charge >= 0.3 is 5.97 Å². The number of aliphatic hydroxyl groups is 1. The second-order valence-corrected chi connectivity index (χ2v) is 3.33. The minimum Gasteiger partial charge on any atom is -0.507 e. The summed E-state index contributed by atoms with van der Waals surface area (Å²) in [6.07, 6.45) is -0.0237. The number of ether oxygens (including phenoxy) is 1. The van der Waals surface area contributed by atoms with Gasteiger partial charge in [0.2, 0.25) is 5.82 Å². The van der Waals surface area contributed by atoms with Crippen molar-refractivity contribution in [2.45, 2.75) is 0 Å². The average molecular weight is 296 g/mol. The molecule has 0 bridgehead atoms. The molecule has 1 aromatic carbocycles. The smallest absolute Gasteiger partial charge is 0.378 e. The van der Waals surface area contributed by atoms with Gasteiger partial charge in [-0.15, -0.1) is 0 Å². The number of hydrogen-bond donors (Lipinski definition) is 1. The van der Waals surface area contributed by atoms with Gasteiger partial charge in [0.1, 0.15) is 5.76 Å². The molecular weight excluding hydrogens is 291 g/mol. The lowest BCUT2D eigenvalue weighted by molar-refractivity contribution is -0.149. The summed E-state index contributed by atoms with van der Waals surface area (Å²) in [7, 11) is 0.809. The number of rotatable bonds is 3. The third-order valence-electron chi connectivity index (χ3n) is 2.12. The average Bonchev–Trinajstić information content (AvgIpc) is 2.42. The Labute approximate surface area is 108 Å². The summed E-state index contributed by atoms with van der Waals surface area (Å²) in [6.45, 7) is 0. The minimum absolute atomic E-state index is 0.0237. The van der Waals surface area contributed by atoms with Crippen molar-refractivity contribution >= 4 is 17.5 Å². The zero-order valence-electron chi connectivity index (χ0n) is 9.64. The van der Waals surface area contributed by atoms with Gasteiger partial charge in [0.25, 0.3) is 5.78 Å². The van der Waals surface area contributed by atoms with Gasteiger partial charge in [-0.1, -0.05) is 0 Å². The highest BCUT2D eigenvalue weighted by Crippen LogP contribution is 2.27. The van der Waals surface area contributed by atoms with Crippen LogP contribution in [0.15, 0.2) is 6.08 Å². The molecule has 1 N–H and O–H groups in total. The first-order valence-corrected chi connectivity index (χ1v) is 4.77. The Bertz CT molecular complexity index is 595. The van der Waals surface area contributed by atoms with Crippen molar-refractivity contribution in [1.29, 1.82) is 0 Å². The van der Waals surface area contributed by atoms with E-state index >= 15 is 0 Å². The summed E-state index contributed by atoms with van der Waals surface area (Å²) in [6, 6.07) is 0. The van der Waals surface area contributed by atoms with E-state index in [1.165, 1.54) is 0 Å². The Morgan fingerprint density at radius 3 is 1.75 bits per heavy atom. The van der Waals surface area contributed by atoms with Crippen molar-refractivity contribution in [2.75, 3.05) is 7.11 Å². The molecule has 0 saturated heterocycles. The standard InChI is InChI=1S/C11H5F5O4/c1-20-11(19)4(18)2-3(17)5-6(12)8(14)10(16)9(15)7(5)13/h2,17H,1H3. The first-order valence-electron chi connectivity index (χ1n) is 4.77. The van der Waals surface area contributed by atoms with Gasteiger partial charge in [0, 0.05) is 6.08 Å². The summed E-state index contributed by atoms with van der Waals surface area (Å²) in [5, 5.41) is 9.23. The lowest BCUT2D eigenvalue weighted by Crippen LogP contribution is -2.14. The molecule has 0 aliphatic rings. The molecule has 0 unspecified atom stereocenters. The van der Waals surface area contributed by atoms with E-state index in [9.17, 15) is 36.6 Å². The predicted molar refractivity (Wildman–Crippen MR) is 53.9 cm³/mol. The first-order chi connectivity index (χ1) is 9.22. The Kier molecular flexibility index (Phi) is 4.43. The van der Waals surface area contributed by atoms with Crippen LogP contribution in [0.3, 0.4) is 0 Å². The summed E-state index contributed by atoms with van der Waals surface area (Å²) in [4.78, 5) is 21.7. The number of methoxy groups -OCH3 is 1. The van der Waals surface area contributed by atoms with Crippen molar-refractivity contribution in [3.05, 3.63) is 40.7 Å². The van der Waals surface area contributed by atoms with E-state index in [1.54, 1.807) is 0 Å². The van der Waals surface area contributed by atoms with Crippen molar-refractivity contribution < 1.29 is 41.4 Å². The SMILES string of the molecule is COC(=O)C(=O)C=C(O)c1c(F)c(F)c(F)c(F)c1F. The molecule has 0 aliphatic heterocycles. The third-order valence-corrected chi connectivity index (χ3v) is 2.12. The van der Waals surface area contributed by atoms with Crippen LogP contribution in [-0.4, -0.2) is 24.0 Å². The van der Waals surface area contributed by atoms with Gasteiger partial charge in [-0.05, 0) is 0 Å². The normalized spacial score (nSPS) is 11.4. The molecule has 0 heterocycles. The Morgan fingerprint density at radius 1 is 0.950 bits per heavy atom. The quantitative estimate of drug-likeness (QED) is 0.176. The molecule has 0 saturated carbocycles. The fraction of sp³-hybridized carbons (Fsp3) is 0.0909. The molecule has 9 heteroatoms. The van der Waals surface area contributed by atoms with E-state index in [-0.39, 0.29) is 6.08 Å². The van der Waals surface area contributed by atoms with E-state index in [2.05, 4.69) is 4.74 Å². The van der Waals surface area contributed by atoms with Crippen LogP contribution < -0.4 is 0 Å². The van der Waals surface area contributed by atoms with Crippen molar-refractivity contribution in [1.82, 2.24) is 0 Å². The van der Waals surface area contributed by atoms with Crippen LogP contribution in [0.2, 0.25) is 0 Å². The number of ketones is 1. The maximum absolute atomic E-state index is 13.2. The number of aliphatic hydroxyl groups excluding tert-OH is 1. The van der Waals surface area contributed by atoms with Crippen LogP contribution in [0.25, 0.3) is 5.76 Å². The number of carbonyl (C=O) groups excluding carboxylic acids is 2. The second-order valence-electron chi connectivity index (χ2n) is 3.33. The van der Waals surface area contributed by atoms with E-state index < -0.39 is 52.2 Å². The molecule has 1 rings (SSSR count). The van der Waals surface area contributed by atoms with Gasteiger partial charge in [0.15, 0.2) is 23.3 Å². The van der Waals surface area contributed by atoms with Crippen molar-refractivity contribution in [2.24, 2.45) is 0 Å². The number of hydrogen-bond acceptors (Lipinski definition) is 4. The van der Waals surface area contributed by atoms with E-state index in [0.717, 1.165) is 7.11 Å².